The average molecular weight is 359 g/mol. The molecule has 0 unspecified atom stereocenters. The molecule has 0 saturated heterocycles. The zero-order valence-corrected chi connectivity index (χ0v) is 15.1. The number of amides is 1. The van der Waals surface area contributed by atoms with Crippen LogP contribution in [-0.4, -0.2) is 18.5 Å². The summed E-state index contributed by atoms with van der Waals surface area (Å²) in [5.74, 6) is -0.791. The Hall–Kier alpha value is -3.40. The molecule has 0 fully saturated rings. The van der Waals surface area contributed by atoms with E-state index in [1.807, 2.05) is 85.8 Å². The smallest absolute Gasteiger partial charge is 0.310 e. The van der Waals surface area contributed by atoms with Crippen molar-refractivity contribution < 1.29 is 14.3 Å². The molecule has 0 aliphatic rings. The van der Waals surface area contributed by atoms with E-state index < -0.39 is 5.97 Å². The van der Waals surface area contributed by atoms with E-state index in [0.29, 0.717) is 5.69 Å². The number of anilines is 1. The van der Waals surface area contributed by atoms with Gasteiger partial charge in [-0.3, -0.25) is 9.59 Å². The van der Waals surface area contributed by atoms with Gasteiger partial charge in [0.05, 0.1) is 6.42 Å². The van der Waals surface area contributed by atoms with Crippen LogP contribution in [0.15, 0.2) is 78.9 Å². The largest absolute Gasteiger partial charge is 0.455 e. The van der Waals surface area contributed by atoms with Crippen LogP contribution < -0.4 is 5.32 Å². The van der Waals surface area contributed by atoms with E-state index in [-0.39, 0.29) is 18.9 Å². The van der Waals surface area contributed by atoms with E-state index in [1.165, 1.54) is 0 Å². The number of aryl methyl sites for hydroxylation is 1. The van der Waals surface area contributed by atoms with Crippen molar-refractivity contribution in [1.82, 2.24) is 0 Å². The normalized spacial score (nSPS) is 10.3. The summed E-state index contributed by atoms with van der Waals surface area (Å²) >= 11 is 0. The maximum Gasteiger partial charge on any atom is 0.310 e. The van der Waals surface area contributed by atoms with Crippen molar-refractivity contribution in [2.45, 2.75) is 13.3 Å². The van der Waals surface area contributed by atoms with E-state index >= 15 is 0 Å². The third-order valence-corrected chi connectivity index (χ3v) is 4.12. The van der Waals surface area contributed by atoms with Crippen LogP contribution in [0.4, 0.5) is 5.69 Å². The first-order valence-electron chi connectivity index (χ1n) is 8.77. The number of rotatable bonds is 6. The fourth-order valence-corrected chi connectivity index (χ4v) is 2.72. The van der Waals surface area contributed by atoms with Crippen molar-refractivity contribution in [1.29, 1.82) is 0 Å². The molecule has 27 heavy (non-hydrogen) atoms. The molecule has 0 aromatic heterocycles. The van der Waals surface area contributed by atoms with Crippen molar-refractivity contribution in [3.05, 3.63) is 90.0 Å². The second kappa shape index (κ2) is 8.81. The first-order valence-corrected chi connectivity index (χ1v) is 8.77. The molecule has 0 aliphatic heterocycles. The van der Waals surface area contributed by atoms with Crippen LogP contribution in [0.1, 0.15) is 11.1 Å². The molecule has 3 rings (SSSR count). The van der Waals surface area contributed by atoms with Gasteiger partial charge in [0.15, 0.2) is 6.61 Å². The Morgan fingerprint density at radius 1 is 0.852 bits per heavy atom. The topological polar surface area (TPSA) is 55.4 Å². The number of carbonyl (C=O) groups excluding carboxylic acids is 2. The number of hydrogen-bond donors (Lipinski definition) is 1. The Morgan fingerprint density at radius 3 is 2.26 bits per heavy atom. The Kier molecular flexibility index (Phi) is 6.00. The molecular formula is C23H21NO3. The molecule has 0 saturated carbocycles. The molecular weight excluding hydrogens is 338 g/mol. The predicted octanol–water partition coefficient (Wildman–Crippen LogP) is 4.39. The quantitative estimate of drug-likeness (QED) is 0.664. The SMILES string of the molecule is Cc1ccc(CC(=O)OCC(=O)Nc2ccccc2-c2ccccc2)cc1. The third-order valence-electron chi connectivity index (χ3n) is 4.12. The van der Waals surface area contributed by atoms with Gasteiger partial charge in [0.25, 0.3) is 5.91 Å². The lowest BCUT2D eigenvalue weighted by Crippen LogP contribution is -2.22. The highest BCUT2D eigenvalue weighted by molar-refractivity contribution is 5.96. The van der Waals surface area contributed by atoms with Crippen molar-refractivity contribution in [2.75, 3.05) is 11.9 Å². The number of nitrogens with one attached hydrogen (secondary N) is 1. The molecule has 0 atom stereocenters. The van der Waals surface area contributed by atoms with Crippen molar-refractivity contribution in [3.63, 3.8) is 0 Å². The summed E-state index contributed by atoms with van der Waals surface area (Å²) in [6.45, 7) is 1.67. The van der Waals surface area contributed by atoms with Crippen molar-refractivity contribution in [3.8, 4) is 11.1 Å². The van der Waals surface area contributed by atoms with Gasteiger partial charge in [-0.15, -0.1) is 0 Å². The molecule has 0 bridgehead atoms. The number of carbonyl (C=O) groups is 2. The summed E-state index contributed by atoms with van der Waals surface area (Å²) in [5, 5.41) is 2.82. The molecule has 1 amide bonds. The van der Waals surface area contributed by atoms with Crippen LogP contribution in [0.25, 0.3) is 11.1 Å². The number of esters is 1. The lowest BCUT2D eigenvalue weighted by atomic mass is 10.0. The van der Waals surface area contributed by atoms with Gasteiger partial charge in [-0.25, -0.2) is 0 Å². The van der Waals surface area contributed by atoms with Crippen molar-refractivity contribution in [2.24, 2.45) is 0 Å². The van der Waals surface area contributed by atoms with Crippen LogP contribution in [0.3, 0.4) is 0 Å². The molecule has 3 aromatic rings. The van der Waals surface area contributed by atoms with Crippen LogP contribution >= 0.6 is 0 Å². The Labute approximate surface area is 158 Å². The maximum atomic E-state index is 12.2. The van der Waals surface area contributed by atoms with Crippen LogP contribution in [-0.2, 0) is 20.7 Å². The van der Waals surface area contributed by atoms with Gasteiger partial charge in [-0.2, -0.15) is 0 Å². The monoisotopic (exact) mass is 359 g/mol. The van der Waals surface area contributed by atoms with Gasteiger partial charge in [-0.1, -0.05) is 78.4 Å². The molecule has 0 aliphatic carbocycles. The third kappa shape index (κ3) is 5.28. The molecule has 4 heteroatoms. The molecule has 0 radical (unpaired) electrons. The summed E-state index contributed by atoms with van der Waals surface area (Å²) in [6.07, 6.45) is 0.147. The lowest BCUT2D eigenvalue weighted by Gasteiger charge is -2.11. The zero-order chi connectivity index (χ0) is 19.1. The van der Waals surface area contributed by atoms with E-state index in [0.717, 1.165) is 22.3 Å². The molecule has 4 nitrogen and oxygen atoms in total. The number of benzene rings is 3. The van der Waals surface area contributed by atoms with Crippen molar-refractivity contribution >= 4 is 17.6 Å². The fourth-order valence-electron chi connectivity index (χ4n) is 2.72. The Balaban J connectivity index is 1.57. The van der Waals surface area contributed by atoms with Crippen LogP contribution in [0, 0.1) is 6.92 Å². The Morgan fingerprint density at radius 2 is 1.52 bits per heavy atom. The van der Waals surface area contributed by atoms with Gasteiger partial charge in [0.2, 0.25) is 0 Å². The second-order valence-electron chi connectivity index (χ2n) is 6.28. The van der Waals surface area contributed by atoms with Gasteiger partial charge >= 0.3 is 5.97 Å². The summed E-state index contributed by atoms with van der Waals surface area (Å²) in [7, 11) is 0. The second-order valence-corrected chi connectivity index (χ2v) is 6.28. The van der Waals surface area contributed by atoms with E-state index in [4.69, 9.17) is 4.74 Å². The first kappa shape index (κ1) is 18.4. The summed E-state index contributed by atoms with van der Waals surface area (Å²) in [5.41, 5.74) is 4.59. The minimum Gasteiger partial charge on any atom is -0.455 e. The van der Waals surface area contributed by atoms with E-state index in [9.17, 15) is 9.59 Å². The number of para-hydroxylation sites is 1. The predicted molar refractivity (Wildman–Crippen MR) is 106 cm³/mol. The van der Waals surface area contributed by atoms with Crippen LogP contribution in [0.5, 0.6) is 0 Å². The molecule has 136 valence electrons. The molecule has 0 heterocycles. The minimum atomic E-state index is -0.426. The minimum absolute atomic E-state index is 0.147. The van der Waals surface area contributed by atoms with Gasteiger partial charge in [-0.05, 0) is 24.1 Å². The Bertz CT molecular complexity index is 918. The highest BCUT2D eigenvalue weighted by atomic mass is 16.5. The first-order chi connectivity index (χ1) is 13.1. The van der Waals surface area contributed by atoms with Gasteiger partial charge in [0, 0.05) is 11.3 Å². The average Bonchev–Trinajstić information content (AvgIpc) is 2.69. The summed E-state index contributed by atoms with van der Waals surface area (Å²) < 4.78 is 5.10. The summed E-state index contributed by atoms with van der Waals surface area (Å²) in [4.78, 5) is 24.1. The highest BCUT2D eigenvalue weighted by Crippen LogP contribution is 2.27. The highest BCUT2D eigenvalue weighted by Gasteiger charge is 2.11. The maximum absolute atomic E-state index is 12.2. The van der Waals surface area contributed by atoms with E-state index in [2.05, 4.69) is 5.32 Å². The molecule has 3 aromatic carbocycles. The number of ether oxygens (including phenoxy) is 1. The standard InChI is InChI=1S/C23H21NO3/c1-17-11-13-18(14-12-17)15-23(26)27-16-22(25)24-21-10-6-5-9-20(21)19-7-3-2-4-8-19/h2-14H,15-16H2,1H3,(H,24,25). The van der Waals surface area contributed by atoms with Crippen LogP contribution in [0.2, 0.25) is 0 Å². The van der Waals surface area contributed by atoms with E-state index in [1.54, 1.807) is 0 Å². The summed E-state index contributed by atoms with van der Waals surface area (Å²) in [6, 6.07) is 25.0. The zero-order valence-electron chi connectivity index (χ0n) is 15.1. The lowest BCUT2D eigenvalue weighted by molar-refractivity contribution is -0.146. The fraction of sp³-hybridized carbons (Fsp3) is 0.130. The molecule has 1 N–H and O–H groups in total. The number of hydrogen-bond acceptors (Lipinski definition) is 3. The van der Waals surface area contributed by atoms with Gasteiger partial charge in [0.1, 0.15) is 0 Å². The van der Waals surface area contributed by atoms with Gasteiger partial charge < -0.3 is 10.1 Å². The molecule has 0 spiro atoms.